The molecule has 2 atom stereocenters. The standard InChI is InChI=1S/C19H31IO5S/c1-16-6-8-19(9-7-16)26(21,22)14-4-5-17(11-13-23-2)25-18(10-12-20)15-24-3/h6-9,17-18H,4-5,10-15H2,1-3H3/t17-,18+/m0/s1. The van der Waals surface area contributed by atoms with Gasteiger partial charge >= 0.3 is 0 Å². The predicted molar refractivity (Wildman–Crippen MR) is 113 cm³/mol. The van der Waals surface area contributed by atoms with Crippen LogP contribution in [0.15, 0.2) is 29.2 Å². The molecule has 1 rings (SSSR count). The topological polar surface area (TPSA) is 61.8 Å². The van der Waals surface area contributed by atoms with Gasteiger partial charge in [-0.1, -0.05) is 40.3 Å². The minimum atomic E-state index is -3.25. The second kappa shape index (κ2) is 13.0. The lowest BCUT2D eigenvalue weighted by Gasteiger charge is -2.24. The van der Waals surface area contributed by atoms with E-state index < -0.39 is 9.84 Å². The number of sulfone groups is 1. The molecule has 0 aliphatic heterocycles. The van der Waals surface area contributed by atoms with Gasteiger partial charge in [-0.05, 0) is 44.7 Å². The summed E-state index contributed by atoms with van der Waals surface area (Å²) in [6, 6.07) is 7.02. The fraction of sp³-hybridized carbons (Fsp3) is 0.684. The summed E-state index contributed by atoms with van der Waals surface area (Å²) in [4.78, 5) is 0.389. The Labute approximate surface area is 171 Å². The van der Waals surface area contributed by atoms with Crippen LogP contribution in [0.3, 0.4) is 0 Å². The summed E-state index contributed by atoms with van der Waals surface area (Å²) in [5, 5.41) is 0. The first-order valence-corrected chi connectivity index (χ1v) is 12.1. The van der Waals surface area contributed by atoms with Gasteiger partial charge in [0.1, 0.15) is 0 Å². The van der Waals surface area contributed by atoms with Crippen molar-refractivity contribution in [2.45, 2.75) is 49.7 Å². The van der Waals surface area contributed by atoms with Crippen LogP contribution in [0.2, 0.25) is 0 Å². The third-order valence-electron chi connectivity index (χ3n) is 4.13. The lowest BCUT2D eigenvalue weighted by Crippen LogP contribution is -2.28. The lowest BCUT2D eigenvalue weighted by atomic mass is 10.1. The molecule has 0 N–H and O–H groups in total. The van der Waals surface area contributed by atoms with Gasteiger partial charge in [-0.3, -0.25) is 0 Å². The molecular formula is C19H31IO5S. The van der Waals surface area contributed by atoms with Crippen molar-refractivity contribution in [1.29, 1.82) is 0 Å². The first kappa shape index (κ1) is 23.8. The molecule has 1 aromatic carbocycles. The number of alkyl halides is 1. The maximum absolute atomic E-state index is 12.5. The number of rotatable bonds is 14. The normalized spacial score (nSPS) is 14.3. The molecule has 150 valence electrons. The van der Waals surface area contributed by atoms with E-state index in [0.717, 1.165) is 22.8 Å². The molecule has 0 bridgehead atoms. The average molecular weight is 498 g/mol. The van der Waals surface area contributed by atoms with Crippen LogP contribution in [-0.2, 0) is 24.0 Å². The SMILES string of the molecule is COCC[C@H](CCCS(=O)(=O)c1ccc(C)cc1)O[C@H](CCI)COC. The van der Waals surface area contributed by atoms with E-state index in [1.165, 1.54) is 0 Å². The van der Waals surface area contributed by atoms with Gasteiger partial charge in [-0.2, -0.15) is 0 Å². The molecule has 0 saturated carbocycles. The number of hydrogen-bond donors (Lipinski definition) is 0. The van der Waals surface area contributed by atoms with Crippen LogP contribution >= 0.6 is 22.6 Å². The summed E-state index contributed by atoms with van der Waals surface area (Å²) in [5.41, 5.74) is 1.05. The molecule has 26 heavy (non-hydrogen) atoms. The second-order valence-corrected chi connectivity index (χ2v) is 9.56. The van der Waals surface area contributed by atoms with Crippen LogP contribution in [0.25, 0.3) is 0 Å². The van der Waals surface area contributed by atoms with Gasteiger partial charge in [0.2, 0.25) is 0 Å². The number of methoxy groups -OCH3 is 2. The van der Waals surface area contributed by atoms with E-state index in [2.05, 4.69) is 22.6 Å². The third kappa shape index (κ3) is 9.12. The van der Waals surface area contributed by atoms with Crippen molar-refractivity contribution in [2.24, 2.45) is 0 Å². The number of benzene rings is 1. The molecule has 0 saturated heterocycles. The molecule has 7 heteroatoms. The zero-order valence-electron chi connectivity index (χ0n) is 15.9. The lowest BCUT2D eigenvalue weighted by molar-refractivity contribution is -0.0607. The molecule has 0 aliphatic rings. The summed E-state index contributed by atoms with van der Waals surface area (Å²) < 4.78 is 42.5. The van der Waals surface area contributed by atoms with E-state index in [4.69, 9.17) is 14.2 Å². The maximum atomic E-state index is 12.5. The van der Waals surface area contributed by atoms with Gasteiger partial charge in [0.25, 0.3) is 0 Å². The molecule has 0 amide bonds. The predicted octanol–water partition coefficient (Wildman–Crippen LogP) is 3.81. The van der Waals surface area contributed by atoms with Gasteiger partial charge in [-0.15, -0.1) is 0 Å². The average Bonchev–Trinajstić information content (AvgIpc) is 2.60. The second-order valence-electron chi connectivity index (χ2n) is 6.37. The minimum Gasteiger partial charge on any atom is -0.385 e. The molecule has 0 aliphatic carbocycles. The molecule has 5 nitrogen and oxygen atoms in total. The van der Waals surface area contributed by atoms with Crippen LogP contribution in [-0.4, -0.2) is 58.2 Å². The van der Waals surface area contributed by atoms with Crippen LogP contribution in [0.5, 0.6) is 0 Å². The highest BCUT2D eigenvalue weighted by Gasteiger charge is 2.19. The molecule has 0 heterocycles. The van der Waals surface area contributed by atoms with Gasteiger partial charge in [0.05, 0.1) is 29.5 Å². The van der Waals surface area contributed by atoms with Crippen LogP contribution in [0.4, 0.5) is 0 Å². The van der Waals surface area contributed by atoms with Gasteiger partial charge in [0.15, 0.2) is 9.84 Å². The largest absolute Gasteiger partial charge is 0.385 e. The van der Waals surface area contributed by atoms with Gasteiger partial charge < -0.3 is 14.2 Å². The van der Waals surface area contributed by atoms with E-state index >= 15 is 0 Å². The highest BCUT2D eigenvalue weighted by molar-refractivity contribution is 14.1. The summed E-state index contributed by atoms with van der Waals surface area (Å²) in [6.07, 6.45) is 2.94. The van der Waals surface area contributed by atoms with E-state index in [1.807, 2.05) is 19.1 Å². The Hall–Kier alpha value is -0.220. The Balaban J connectivity index is 2.60. The summed E-state index contributed by atoms with van der Waals surface area (Å²) in [5.74, 6) is 0.129. The van der Waals surface area contributed by atoms with Crippen molar-refractivity contribution < 1.29 is 22.6 Å². The first-order valence-electron chi connectivity index (χ1n) is 8.91. The molecule has 0 unspecified atom stereocenters. The summed E-state index contributed by atoms with van der Waals surface area (Å²) in [6.45, 7) is 3.09. The van der Waals surface area contributed by atoms with Crippen LogP contribution in [0, 0.1) is 6.92 Å². The van der Waals surface area contributed by atoms with E-state index in [0.29, 0.717) is 31.0 Å². The quantitative estimate of drug-likeness (QED) is 0.289. The molecule has 0 aromatic heterocycles. The zero-order valence-corrected chi connectivity index (χ0v) is 18.9. The highest BCUT2D eigenvalue weighted by atomic mass is 127. The van der Waals surface area contributed by atoms with Crippen molar-refractivity contribution in [1.82, 2.24) is 0 Å². The van der Waals surface area contributed by atoms with Gasteiger partial charge in [0, 0.05) is 25.3 Å². The third-order valence-corrected chi connectivity index (χ3v) is 6.57. The fourth-order valence-corrected chi connectivity index (χ4v) is 4.69. The smallest absolute Gasteiger partial charge is 0.178 e. The Morgan fingerprint density at radius 3 is 2.27 bits per heavy atom. The maximum Gasteiger partial charge on any atom is 0.178 e. The number of halogens is 1. The fourth-order valence-electron chi connectivity index (χ4n) is 2.66. The van der Waals surface area contributed by atoms with Crippen molar-refractivity contribution in [3.05, 3.63) is 29.8 Å². The minimum absolute atomic E-state index is 0.0220. The van der Waals surface area contributed by atoms with Crippen LogP contribution < -0.4 is 0 Å². The Kier molecular flexibility index (Phi) is 11.9. The Morgan fingerprint density at radius 1 is 1.00 bits per heavy atom. The molecular weight excluding hydrogens is 467 g/mol. The summed E-state index contributed by atoms with van der Waals surface area (Å²) >= 11 is 2.33. The van der Waals surface area contributed by atoms with Crippen molar-refractivity contribution in [3.8, 4) is 0 Å². The van der Waals surface area contributed by atoms with E-state index in [-0.39, 0.29) is 18.0 Å². The zero-order chi connectivity index (χ0) is 19.4. The molecule has 1 aromatic rings. The van der Waals surface area contributed by atoms with Crippen molar-refractivity contribution in [2.75, 3.05) is 37.6 Å². The van der Waals surface area contributed by atoms with Crippen molar-refractivity contribution in [3.63, 3.8) is 0 Å². The molecule has 0 spiro atoms. The van der Waals surface area contributed by atoms with Crippen LogP contribution in [0.1, 0.15) is 31.2 Å². The van der Waals surface area contributed by atoms with Crippen molar-refractivity contribution >= 4 is 32.4 Å². The monoisotopic (exact) mass is 498 g/mol. The molecule has 0 radical (unpaired) electrons. The number of hydrogen-bond acceptors (Lipinski definition) is 5. The van der Waals surface area contributed by atoms with E-state index in [1.54, 1.807) is 26.4 Å². The molecule has 0 fully saturated rings. The Morgan fingerprint density at radius 2 is 1.69 bits per heavy atom. The Bertz CT molecular complexity index is 582. The van der Waals surface area contributed by atoms with E-state index in [9.17, 15) is 8.42 Å². The number of aryl methyl sites for hydroxylation is 1. The summed E-state index contributed by atoms with van der Waals surface area (Å²) in [7, 11) is 0.0768. The van der Waals surface area contributed by atoms with Gasteiger partial charge in [-0.25, -0.2) is 8.42 Å². The number of ether oxygens (including phenoxy) is 3. The first-order chi connectivity index (χ1) is 12.4. The highest BCUT2D eigenvalue weighted by Crippen LogP contribution is 2.17.